The monoisotopic (exact) mass is 226 g/mol. The maximum Gasteiger partial charge on any atom is 0.333 e. The Kier molecular flexibility index (Phi) is 7.56. The summed E-state index contributed by atoms with van der Waals surface area (Å²) in [5, 5.41) is 8.93. The van der Waals surface area contributed by atoms with Gasteiger partial charge in [0, 0.05) is 5.57 Å². The minimum atomic E-state index is -0.350. The molecule has 0 fully saturated rings. The minimum Gasteiger partial charge on any atom is -0.466 e. The average Bonchev–Trinajstić information content (AvgIpc) is 2.26. The summed E-state index contributed by atoms with van der Waals surface area (Å²) in [5.41, 5.74) is 0.571. The van der Waals surface area contributed by atoms with E-state index in [1.165, 1.54) is 7.11 Å². The lowest BCUT2D eigenvalue weighted by Gasteiger charge is -2.22. The van der Waals surface area contributed by atoms with Crippen molar-refractivity contribution in [2.75, 3.05) is 13.7 Å². The number of hydrogen-bond acceptors (Lipinski definition) is 3. The zero-order valence-electron chi connectivity index (χ0n) is 10.4. The topological polar surface area (TPSA) is 46.5 Å². The summed E-state index contributed by atoms with van der Waals surface area (Å²) in [6.45, 7) is 7.66. The van der Waals surface area contributed by atoms with E-state index in [1.54, 1.807) is 6.08 Å². The van der Waals surface area contributed by atoms with Crippen LogP contribution in [-0.2, 0) is 9.53 Å². The van der Waals surface area contributed by atoms with Crippen LogP contribution in [0, 0.1) is 11.8 Å². The Morgan fingerprint density at radius 1 is 1.50 bits per heavy atom. The van der Waals surface area contributed by atoms with Crippen molar-refractivity contribution in [2.45, 2.75) is 26.7 Å². The Labute approximate surface area is 97.8 Å². The summed E-state index contributed by atoms with van der Waals surface area (Å²) < 4.78 is 4.73. The molecule has 1 atom stereocenters. The number of carbonyl (C=O) groups excluding carboxylic acids is 1. The molecule has 0 aliphatic carbocycles. The highest BCUT2D eigenvalue weighted by Crippen LogP contribution is 2.26. The molecule has 0 aliphatic heterocycles. The number of hydrogen-bond donors (Lipinski definition) is 1. The molecule has 1 unspecified atom stereocenters. The summed E-state index contributed by atoms with van der Waals surface area (Å²) in [5.74, 6) is 0.0891. The van der Waals surface area contributed by atoms with E-state index < -0.39 is 0 Å². The minimum absolute atomic E-state index is 0.109. The van der Waals surface area contributed by atoms with Crippen LogP contribution in [-0.4, -0.2) is 24.8 Å². The van der Waals surface area contributed by atoms with Gasteiger partial charge >= 0.3 is 5.97 Å². The molecule has 0 saturated heterocycles. The molecule has 3 heteroatoms. The first-order chi connectivity index (χ1) is 7.58. The van der Waals surface area contributed by atoms with Crippen molar-refractivity contribution < 1.29 is 14.6 Å². The lowest BCUT2D eigenvalue weighted by molar-refractivity contribution is -0.137. The predicted octanol–water partition coefficient (Wildman–Crippen LogP) is 2.32. The molecule has 0 aromatic heterocycles. The van der Waals surface area contributed by atoms with E-state index in [0.717, 1.165) is 12.8 Å². The van der Waals surface area contributed by atoms with Gasteiger partial charge in [-0.05, 0) is 30.8 Å². The summed E-state index contributed by atoms with van der Waals surface area (Å²) in [4.78, 5) is 11.6. The Morgan fingerprint density at radius 3 is 2.50 bits per heavy atom. The fourth-order valence-electron chi connectivity index (χ4n) is 1.75. The van der Waals surface area contributed by atoms with E-state index >= 15 is 0 Å². The molecule has 0 bridgehead atoms. The third kappa shape index (κ3) is 4.62. The largest absolute Gasteiger partial charge is 0.466 e. The van der Waals surface area contributed by atoms with Gasteiger partial charge in [-0.1, -0.05) is 19.9 Å². The molecule has 92 valence electrons. The van der Waals surface area contributed by atoms with Gasteiger partial charge in [-0.2, -0.15) is 0 Å². The van der Waals surface area contributed by atoms with Gasteiger partial charge < -0.3 is 9.84 Å². The molecule has 3 nitrogen and oxygen atoms in total. The molecule has 0 aliphatic rings. The second-order valence-electron chi connectivity index (χ2n) is 4.05. The predicted molar refractivity (Wildman–Crippen MR) is 64.9 cm³/mol. The molecule has 0 aromatic carbocycles. The third-order valence-electron chi connectivity index (χ3n) is 2.62. The Hall–Kier alpha value is -1.09. The molecule has 1 N–H and O–H groups in total. The summed E-state index contributed by atoms with van der Waals surface area (Å²) >= 11 is 0. The summed E-state index contributed by atoms with van der Waals surface area (Å²) in [6.07, 6.45) is 5.08. The highest BCUT2D eigenvalue weighted by atomic mass is 16.5. The highest BCUT2D eigenvalue weighted by Gasteiger charge is 2.23. The Bertz CT molecular complexity index is 254. The van der Waals surface area contributed by atoms with Crippen LogP contribution in [0.1, 0.15) is 26.7 Å². The van der Waals surface area contributed by atoms with Gasteiger partial charge in [0.25, 0.3) is 0 Å². The standard InChI is InChI=1S/C13H22O3/c1-5-6-7-11(10(2)3)12(8-9-14)13(15)16-4/h5,8,10-11,14H,1,6-7,9H2,2-4H3/b12-8+. The summed E-state index contributed by atoms with van der Waals surface area (Å²) in [7, 11) is 1.36. The van der Waals surface area contributed by atoms with Gasteiger partial charge in [-0.15, -0.1) is 6.58 Å². The van der Waals surface area contributed by atoms with Crippen molar-refractivity contribution in [3.63, 3.8) is 0 Å². The lowest BCUT2D eigenvalue weighted by Crippen LogP contribution is -2.20. The number of allylic oxidation sites excluding steroid dienone is 1. The van der Waals surface area contributed by atoms with E-state index in [1.807, 2.05) is 6.08 Å². The van der Waals surface area contributed by atoms with Crippen LogP contribution in [0.2, 0.25) is 0 Å². The number of methoxy groups -OCH3 is 1. The van der Waals surface area contributed by atoms with Gasteiger partial charge in [-0.3, -0.25) is 0 Å². The fourth-order valence-corrected chi connectivity index (χ4v) is 1.75. The quantitative estimate of drug-likeness (QED) is 0.411. The SMILES string of the molecule is C=CCCC(/C(=C\CO)C(=O)OC)C(C)C. The van der Waals surface area contributed by atoms with E-state index in [-0.39, 0.29) is 18.5 Å². The van der Waals surface area contributed by atoms with E-state index in [2.05, 4.69) is 20.4 Å². The number of aliphatic hydroxyl groups is 1. The van der Waals surface area contributed by atoms with Crippen molar-refractivity contribution >= 4 is 5.97 Å². The number of aliphatic hydroxyl groups excluding tert-OH is 1. The molecule has 0 amide bonds. The lowest BCUT2D eigenvalue weighted by atomic mass is 9.84. The first kappa shape index (κ1) is 14.9. The van der Waals surface area contributed by atoms with Crippen molar-refractivity contribution in [1.82, 2.24) is 0 Å². The van der Waals surface area contributed by atoms with Crippen LogP contribution in [0.5, 0.6) is 0 Å². The first-order valence-electron chi connectivity index (χ1n) is 5.58. The van der Waals surface area contributed by atoms with Gasteiger partial charge in [0.15, 0.2) is 0 Å². The molecular weight excluding hydrogens is 204 g/mol. The van der Waals surface area contributed by atoms with Crippen molar-refractivity contribution in [2.24, 2.45) is 11.8 Å². The Balaban J connectivity index is 4.87. The molecule has 0 saturated carbocycles. The van der Waals surface area contributed by atoms with Crippen molar-refractivity contribution in [3.8, 4) is 0 Å². The number of carbonyl (C=O) groups is 1. The normalized spacial score (nSPS) is 13.7. The van der Waals surface area contributed by atoms with Crippen LogP contribution in [0.4, 0.5) is 0 Å². The Morgan fingerprint density at radius 2 is 2.12 bits per heavy atom. The molecule has 0 rings (SSSR count). The third-order valence-corrected chi connectivity index (χ3v) is 2.62. The molecule has 16 heavy (non-hydrogen) atoms. The van der Waals surface area contributed by atoms with Crippen molar-refractivity contribution in [3.05, 3.63) is 24.3 Å². The van der Waals surface area contributed by atoms with Gasteiger partial charge in [-0.25, -0.2) is 4.79 Å². The van der Waals surface area contributed by atoms with Crippen LogP contribution in [0.25, 0.3) is 0 Å². The van der Waals surface area contributed by atoms with Crippen LogP contribution >= 0.6 is 0 Å². The van der Waals surface area contributed by atoms with Crippen LogP contribution < -0.4 is 0 Å². The second kappa shape index (κ2) is 8.11. The van der Waals surface area contributed by atoms with Crippen molar-refractivity contribution in [1.29, 1.82) is 0 Å². The molecule has 0 aromatic rings. The van der Waals surface area contributed by atoms with Gasteiger partial charge in [0.2, 0.25) is 0 Å². The zero-order chi connectivity index (χ0) is 12.6. The molecule has 0 radical (unpaired) electrons. The van der Waals surface area contributed by atoms with Crippen LogP contribution in [0.15, 0.2) is 24.3 Å². The van der Waals surface area contributed by atoms with E-state index in [4.69, 9.17) is 9.84 Å². The second-order valence-corrected chi connectivity index (χ2v) is 4.05. The number of ether oxygens (including phenoxy) is 1. The van der Waals surface area contributed by atoms with Crippen LogP contribution in [0.3, 0.4) is 0 Å². The number of esters is 1. The van der Waals surface area contributed by atoms with Gasteiger partial charge in [0.05, 0.1) is 13.7 Å². The molecular formula is C13H22O3. The fraction of sp³-hybridized carbons (Fsp3) is 0.615. The maximum absolute atomic E-state index is 11.6. The van der Waals surface area contributed by atoms with E-state index in [0.29, 0.717) is 11.5 Å². The highest BCUT2D eigenvalue weighted by molar-refractivity contribution is 5.88. The zero-order valence-corrected chi connectivity index (χ0v) is 10.4. The number of rotatable bonds is 7. The molecule has 0 heterocycles. The smallest absolute Gasteiger partial charge is 0.333 e. The first-order valence-corrected chi connectivity index (χ1v) is 5.58. The summed E-state index contributed by atoms with van der Waals surface area (Å²) in [6, 6.07) is 0. The van der Waals surface area contributed by atoms with Gasteiger partial charge in [0.1, 0.15) is 0 Å². The molecule has 0 spiro atoms. The maximum atomic E-state index is 11.6. The average molecular weight is 226 g/mol. The van der Waals surface area contributed by atoms with E-state index in [9.17, 15) is 4.79 Å².